The lowest BCUT2D eigenvalue weighted by Crippen LogP contribution is -2.30. The summed E-state index contributed by atoms with van der Waals surface area (Å²) < 4.78 is 0. The van der Waals surface area contributed by atoms with Gasteiger partial charge in [-0.1, -0.05) is 0 Å². The lowest BCUT2D eigenvalue weighted by molar-refractivity contribution is -0.117. The number of anilines is 1. The summed E-state index contributed by atoms with van der Waals surface area (Å²) in [6, 6.07) is 7.12. The summed E-state index contributed by atoms with van der Waals surface area (Å²) in [5.74, 6) is 0.422. The highest BCUT2D eigenvalue weighted by Crippen LogP contribution is 2.17. The molecule has 1 saturated heterocycles. The van der Waals surface area contributed by atoms with Crippen molar-refractivity contribution < 1.29 is 9.59 Å². The van der Waals surface area contributed by atoms with Gasteiger partial charge in [0.25, 0.3) is 5.91 Å². The Morgan fingerprint density at radius 1 is 1.18 bits per heavy atom. The van der Waals surface area contributed by atoms with Crippen LogP contribution in [0.25, 0.3) is 0 Å². The molecule has 22 heavy (non-hydrogen) atoms. The van der Waals surface area contributed by atoms with Crippen LogP contribution in [0, 0.1) is 5.92 Å². The predicted molar refractivity (Wildman–Crippen MR) is 87.9 cm³/mol. The third-order valence-electron chi connectivity index (χ3n) is 3.78. The molecule has 3 N–H and O–H groups in total. The van der Waals surface area contributed by atoms with Crippen molar-refractivity contribution >= 4 is 17.5 Å². The van der Waals surface area contributed by atoms with Gasteiger partial charge in [0.2, 0.25) is 5.91 Å². The summed E-state index contributed by atoms with van der Waals surface area (Å²) >= 11 is 0. The lowest BCUT2D eigenvalue weighted by Gasteiger charge is -2.21. The topological polar surface area (TPSA) is 70.2 Å². The number of nitrogens with one attached hydrogen (secondary N) is 3. The van der Waals surface area contributed by atoms with Crippen LogP contribution in [0.15, 0.2) is 24.3 Å². The molecule has 1 aromatic rings. The highest BCUT2D eigenvalue weighted by Gasteiger charge is 2.16. The molecule has 1 heterocycles. The van der Waals surface area contributed by atoms with E-state index in [1.165, 1.54) is 0 Å². The molecular formula is C17H25N3O2. The smallest absolute Gasteiger partial charge is 0.251 e. The quantitative estimate of drug-likeness (QED) is 0.780. The number of carbonyl (C=O) groups excluding carboxylic acids is 2. The Morgan fingerprint density at radius 3 is 2.41 bits per heavy atom. The molecule has 0 saturated carbocycles. The average molecular weight is 303 g/mol. The summed E-state index contributed by atoms with van der Waals surface area (Å²) in [4.78, 5) is 23.9. The Morgan fingerprint density at radius 2 is 1.82 bits per heavy atom. The molecule has 0 unspecified atom stereocenters. The van der Waals surface area contributed by atoms with Gasteiger partial charge in [0.15, 0.2) is 0 Å². The third-order valence-corrected chi connectivity index (χ3v) is 3.78. The van der Waals surface area contributed by atoms with E-state index in [0.717, 1.165) is 31.6 Å². The minimum absolute atomic E-state index is 0.0475. The zero-order chi connectivity index (χ0) is 15.9. The molecule has 120 valence electrons. The SMILES string of the molecule is CC(C)NC(=O)c1ccc(NC(=O)CC2CCNCC2)cc1. The van der Waals surface area contributed by atoms with Crippen molar-refractivity contribution in [2.24, 2.45) is 5.92 Å². The minimum atomic E-state index is -0.0948. The van der Waals surface area contributed by atoms with E-state index in [9.17, 15) is 9.59 Å². The van der Waals surface area contributed by atoms with Gasteiger partial charge in [-0.2, -0.15) is 0 Å². The van der Waals surface area contributed by atoms with E-state index < -0.39 is 0 Å². The molecule has 1 fully saturated rings. The van der Waals surface area contributed by atoms with Gasteiger partial charge < -0.3 is 16.0 Å². The van der Waals surface area contributed by atoms with E-state index >= 15 is 0 Å². The van der Waals surface area contributed by atoms with Crippen molar-refractivity contribution in [2.45, 2.75) is 39.2 Å². The van der Waals surface area contributed by atoms with Gasteiger partial charge in [-0.05, 0) is 70.0 Å². The van der Waals surface area contributed by atoms with Gasteiger partial charge in [-0.25, -0.2) is 0 Å². The van der Waals surface area contributed by atoms with Gasteiger partial charge >= 0.3 is 0 Å². The molecule has 1 aliphatic rings. The number of amides is 2. The van der Waals surface area contributed by atoms with Crippen LogP contribution in [-0.2, 0) is 4.79 Å². The standard InChI is InChI=1S/C17H25N3O2/c1-12(2)19-17(22)14-3-5-15(6-4-14)20-16(21)11-13-7-9-18-10-8-13/h3-6,12-13,18H,7-11H2,1-2H3,(H,19,22)(H,20,21). The largest absolute Gasteiger partial charge is 0.350 e. The first-order valence-electron chi connectivity index (χ1n) is 7.96. The zero-order valence-electron chi connectivity index (χ0n) is 13.3. The van der Waals surface area contributed by atoms with Crippen LogP contribution in [0.2, 0.25) is 0 Å². The molecule has 0 aromatic heterocycles. The van der Waals surface area contributed by atoms with Crippen molar-refractivity contribution in [3.8, 4) is 0 Å². The van der Waals surface area contributed by atoms with E-state index in [1.54, 1.807) is 24.3 Å². The van der Waals surface area contributed by atoms with Crippen molar-refractivity contribution in [1.82, 2.24) is 10.6 Å². The molecule has 0 aliphatic carbocycles. The van der Waals surface area contributed by atoms with E-state index in [4.69, 9.17) is 0 Å². The Labute approximate surface area is 131 Å². The molecule has 1 aliphatic heterocycles. The molecule has 0 atom stereocenters. The van der Waals surface area contributed by atoms with Gasteiger partial charge in [0.05, 0.1) is 0 Å². The molecule has 0 radical (unpaired) electrons. The van der Waals surface area contributed by atoms with Crippen molar-refractivity contribution in [1.29, 1.82) is 0 Å². The van der Waals surface area contributed by atoms with E-state index in [2.05, 4.69) is 16.0 Å². The van der Waals surface area contributed by atoms with Crippen LogP contribution in [0.4, 0.5) is 5.69 Å². The molecule has 5 nitrogen and oxygen atoms in total. The molecule has 2 amide bonds. The highest BCUT2D eigenvalue weighted by molar-refractivity contribution is 5.95. The van der Waals surface area contributed by atoms with Crippen LogP contribution in [0.1, 0.15) is 43.5 Å². The van der Waals surface area contributed by atoms with Gasteiger partial charge in [-0.15, -0.1) is 0 Å². The number of carbonyl (C=O) groups is 2. The van der Waals surface area contributed by atoms with Crippen molar-refractivity contribution in [3.05, 3.63) is 29.8 Å². The van der Waals surface area contributed by atoms with Crippen LogP contribution < -0.4 is 16.0 Å². The summed E-state index contributed by atoms with van der Waals surface area (Å²) in [5, 5.41) is 9.04. The second-order valence-corrected chi connectivity index (χ2v) is 6.15. The summed E-state index contributed by atoms with van der Waals surface area (Å²) in [6.45, 7) is 5.84. The first kappa shape index (κ1) is 16.5. The average Bonchev–Trinajstić information content (AvgIpc) is 2.48. The van der Waals surface area contributed by atoms with E-state index in [-0.39, 0.29) is 17.9 Å². The second kappa shape index (κ2) is 7.94. The number of hydrogen-bond acceptors (Lipinski definition) is 3. The van der Waals surface area contributed by atoms with Crippen molar-refractivity contribution in [2.75, 3.05) is 18.4 Å². The van der Waals surface area contributed by atoms with Crippen LogP contribution in [-0.4, -0.2) is 30.9 Å². The van der Waals surface area contributed by atoms with Crippen LogP contribution >= 0.6 is 0 Å². The Hall–Kier alpha value is -1.88. The summed E-state index contributed by atoms with van der Waals surface area (Å²) in [7, 11) is 0. The monoisotopic (exact) mass is 303 g/mol. The van der Waals surface area contributed by atoms with Gasteiger partial charge in [0.1, 0.15) is 0 Å². The Bertz CT molecular complexity index is 505. The molecule has 5 heteroatoms. The normalized spacial score (nSPS) is 15.6. The Kier molecular flexibility index (Phi) is 5.95. The zero-order valence-corrected chi connectivity index (χ0v) is 13.3. The fourth-order valence-electron chi connectivity index (χ4n) is 2.61. The van der Waals surface area contributed by atoms with E-state index in [1.807, 2.05) is 13.8 Å². The fraction of sp³-hybridized carbons (Fsp3) is 0.529. The molecule has 0 bridgehead atoms. The van der Waals surface area contributed by atoms with Crippen molar-refractivity contribution in [3.63, 3.8) is 0 Å². The Balaban J connectivity index is 1.85. The third kappa shape index (κ3) is 5.15. The van der Waals surface area contributed by atoms with Gasteiger partial charge in [0, 0.05) is 23.7 Å². The summed E-state index contributed by atoms with van der Waals surface area (Å²) in [5.41, 5.74) is 1.34. The number of piperidine rings is 1. The van der Waals surface area contributed by atoms with Gasteiger partial charge in [-0.3, -0.25) is 9.59 Å². The van der Waals surface area contributed by atoms with E-state index in [0.29, 0.717) is 17.9 Å². The number of hydrogen-bond donors (Lipinski definition) is 3. The first-order valence-corrected chi connectivity index (χ1v) is 7.96. The number of rotatable bonds is 5. The molecule has 1 aromatic carbocycles. The maximum absolute atomic E-state index is 12.0. The van der Waals surface area contributed by atoms with Crippen LogP contribution in [0.5, 0.6) is 0 Å². The first-order chi connectivity index (χ1) is 10.5. The molecule has 2 rings (SSSR count). The van der Waals surface area contributed by atoms with Crippen LogP contribution in [0.3, 0.4) is 0 Å². The number of benzene rings is 1. The molecule has 0 spiro atoms. The minimum Gasteiger partial charge on any atom is -0.350 e. The highest BCUT2D eigenvalue weighted by atomic mass is 16.2. The lowest BCUT2D eigenvalue weighted by atomic mass is 9.94. The molecular weight excluding hydrogens is 278 g/mol. The summed E-state index contributed by atoms with van der Waals surface area (Å²) in [6.07, 6.45) is 2.68. The predicted octanol–water partition coefficient (Wildman–Crippen LogP) is 2.15. The maximum atomic E-state index is 12.0. The second-order valence-electron chi connectivity index (χ2n) is 6.15. The maximum Gasteiger partial charge on any atom is 0.251 e. The fourth-order valence-corrected chi connectivity index (χ4v) is 2.61.